The molecule has 0 bridgehead atoms. The third-order valence-electron chi connectivity index (χ3n) is 6.70. The number of rotatable bonds is 7. The van der Waals surface area contributed by atoms with Crippen LogP contribution in [0.3, 0.4) is 0 Å². The molecule has 3 aromatic carbocycles. The second-order valence-electron chi connectivity index (χ2n) is 9.08. The van der Waals surface area contributed by atoms with E-state index in [4.69, 9.17) is 4.74 Å². The normalized spacial score (nSPS) is 19.1. The van der Waals surface area contributed by atoms with Gasteiger partial charge in [-0.1, -0.05) is 18.2 Å². The van der Waals surface area contributed by atoms with Crippen molar-refractivity contribution in [1.29, 1.82) is 0 Å². The van der Waals surface area contributed by atoms with Crippen molar-refractivity contribution in [2.24, 2.45) is 11.0 Å². The van der Waals surface area contributed by atoms with Crippen LogP contribution >= 0.6 is 0 Å². The fraction of sp³-hybridized carbons (Fsp3) is 0.222. The first-order chi connectivity index (χ1) is 18.1. The molecule has 38 heavy (non-hydrogen) atoms. The largest absolute Gasteiger partial charge is 0.504 e. The Hall–Kier alpha value is -4.25. The summed E-state index contributed by atoms with van der Waals surface area (Å²) in [6.45, 7) is 0.0779. The number of aromatic hydroxyl groups is 1. The molecule has 196 valence electrons. The maximum absolute atomic E-state index is 13.6. The topological polar surface area (TPSA) is 117 Å². The Kier molecular flexibility index (Phi) is 6.39. The quantitative estimate of drug-likeness (QED) is 0.461. The molecule has 2 atom stereocenters. The molecule has 1 N–H and O–H groups in total. The summed E-state index contributed by atoms with van der Waals surface area (Å²) in [4.78, 5) is 28.5. The summed E-state index contributed by atoms with van der Waals surface area (Å²) in [5.74, 6) is -2.38. The van der Waals surface area contributed by atoms with E-state index < -0.39 is 33.6 Å². The first-order valence-corrected chi connectivity index (χ1v) is 13.6. The highest BCUT2D eigenvalue weighted by Gasteiger charge is 2.57. The number of hydrazone groups is 1. The van der Waals surface area contributed by atoms with Crippen LogP contribution in [-0.2, 0) is 25.8 Å². The van der Waals surface area contributed by atoms with Gasteiger partial charge in [0.15, 0.2) is 21.3 Å². The molecular formula is C27H24FN3O6S. The van der Waals surface area contributed by atoms with Crippen LogP contribution in [0.5, 0.6) is 11.5 Å². The van der Waals surface area contributed by atoms with Crippen molar-refractivity contribution in [1.82, 2.24) is 4.90 Å². The van der Waals surface area contributed by atoms with Gasteiger partial charge in [0, 0.05) is 18.4 Å². The number of phenols is 1. The smallest absolute Gasteiger partial charge is 0.255 e. The van der Waals surface area contributed by atoms with Crippen LogP contribution in [0.2, 0.25) is 0 Å². The Labute approximate surface area is 218 Å². The van der Waals surface area contributed by atoms with Gasteiger partial charge in [0.1, 0.15) is 17.8 Å². The van der Waals surface area contributed by atoms with Gasteiger partial charge >= 0.3 is 0 Å². The highest BCUT2D eigenvalue weighted by molar-refractivity contribution is 7.90. The van der Waals surface area contributed by atoms with Crippen molar-refractivity contribution >= 4 is 33.1 Å². The number of methoxy groups -OCH3 is 1. The minimum Gasteiger partial charge on any atom is -0.504 e. The molecular weight excluding hydrogens is 513 g/mol. The van der Waals surface area contributed by atoms with Crippen molar-refractivity contribution < 1.29 is 32.2 Å². The van der Waals surface area contributed by atoms with Gasteiger partial charge in [-0.05, 0) is 60.5 Å². The lowest BCUT2D eigenvalue weighted by molar-refractivity contribution is -0.139. The van der Waals surface area contributed by atoms with Crippen LogP contribution in [0, 0.1) is 11.7 Å². The molecule has 2 heterocycles. The number of para-hydroxylation sites is 1. The van der Waals surface area contributed by atoms with Crippen LogP contribution in [-0.4, -0.2) is 61.9 Å². The summed E-state index contributed by atoms with van der Waals surface area (Å²) in [5, 5.41) is 16.8. The van der Waals surface area contributed by atoms with E-state index in [1.54, 1.807) is 30.3 Å². The zero-order valence-electron chi connectivity index (χ0n) is 20.5. The first kappa shape index (κ1) is 25.4. The molecule has 2 amide bonds. The number of amides is 2. The van der Waals surface area contributed by atoms with Crippen molar-refractivity contribution in [3.8, 4) is 11.5 Å². The number of phenolic OH excluding ortho intramolecular Hbond substituents is 1. The molecule has 11 heteroatoms. The SMILES string of the molecule is COc1cccc(C2=NN(c3ccc(S(C)(=O)=O)cc3)C3C(=O)N(CCc4ccc(F)cc4)C(=O)C23)c1O. The summed E-state index contributed by atoms with van der Waals surface area (Å²) in [7, 11) is -2.05. The van der Waals surface area contributed by atoms with Gasteiger partial charge in [0.2, 0.25) is 5.91 Å². The Morgan fingerprint density at radius 3 is 2.32 bits per heavy atom. The second kappa shape index (κ2) is 9.56. The monoisotopic (exact) mass is 537 g/mol. The van der Waals surface area contributed by atoms with Gasteiger partial charge in [-0.3, -0.25) is 19.5 Å². The van der Waals surface area contributed by atoms with E-state index in [2.05, 4.69) is 5.10 Å². The summed E-state index contributed by atoms with van der Waals surface area (Å²) >= 11 is 0. The molecule has 2 aliphatic rings. The minimum atomic E-state index is -3.45. The van der Waals surface area contributed by atoms with Crippen LogP contribution in [0.1, 0.15) is 11.1 Å². The summed E-state index contributed by atoms with van der Waals surface area (Å²) < 4.78 is 42.3. The molecule has 2 unspecified atom stereocenters. The van der Waals surface area contributed by atoms with Crippen LogP contribution in [0.4, 0.5) is 10.1 Å². The molecule has 0 radical (unpaired) electrons. The second-order valence-corrected chi connectivity index (χ2v) is 11.1. The van der Waals surface area contributed by atoms with E-state index >= 15 is 0 Å². The summed E-state index contributed by atoms with van der Waals surface area (Å²) in [5.41, 5.74) is 1.61. The van der Waals surface area contributed by atoms with Gasteiger partial charge in [-0.25, -0.2) is 12.8 Å². The van der Waals surface area contributed by atoms with E-state index in [9.17, 15) is 27.5 Å². The number of fused-ring (bicyclic) bond motifs is 1. The maximum Gasteiger partial charge on any atom is 0.255 e. The molecule has 1 fully saturated rings. The summed E-state index contributed by atoms with van der Waals surface area (Å²) in [6.07, 6.45) is 1.42. The number of sulfone groups is 1. The standard InChI is InChI=1S/C27H24FN3O6S/c1-37-21-5-3-4-20(25(21)32)23-22-24(31(29-23)18-10-12-19(13-11-18)38(2,35)36)27(34)30(26(22)33)15-14-16-6-8-17(28)9-7-16/h3-13,22,24,32H,14-15H2,1-2H3. The first-order valence-electron chi connectivity index (χ1n) is 11.7. The zero-order chi connectivity index (χ0) is 27.2. The molecule has 2 aliphatic heterocycles. The van der Waals surface area contributed by atoms with Gasteiger partial charge in [-0.15, -0.1) is 0 Å². The Balaban J connectivity index is 1.54. The van der Waals surface area contributed by atoms with Gasteiger partial charge in [0.25, 0.3) is 5.91 Å². The third-order valence-corrected chi connectivity index (χ3v) is 7.83. The van der Waals surface area contributed by atoms with Crippen molar-refractivity contribution in [2.45, 2.75) is 17.4 Å². The third kappa shape index (κ3) is 4.38. The lowest BCUT2D eigenvalue weighted by atomic mass is 9.92. The number of nitrogens with zero attached hydrogens (tertiary/aromatic N) is 3. The van der Waals surface area contributed by atoms with Crippen molar-refractivity contribution in [3.63, 3.8) is 0 Å². The Morgan fingerprint density at radius 2 is 1.68 bits per heavy atom. The zero-order valence-corrected chi connectivity index (χ0v) is 21.4. The lowest BCUT2D eigenvalue weighted by Gasteiger charge is -2.22. The summed E-state index contributed by atoms with van der Waals surface area (Å²) in [6, 6.07) is 15.4. The highest BCUT2D eigenvalue weighted by Crippen LogP contribution is 2.41. The van der Waals surface area contributed by atoms with E-state index in [0.29, 0.717) is 12.1 Å². The minimum absolute atomic E-state index is 0.0779. The van der Waals surface area contributed by atoms with Crippen molar-refractivity contribution in [2.75, 3.05) is 24.9 Å². The molecule has 9 nitrogen and oxygen atoms in total. The average molecular weight is 538 g/mol. The number of benzene rings is 3. The number of carbonyl (C=O) groups excluding carboxylic acids is 2. The van der Waals surface area contributed by atoms with E-state index in [-0.39, 0.29) is 40.0 Å². The molecule has 3 aromatic rings. The number of likely N-dealkylation sites (tertiary alicyclic amines) is 1. The van der Waals surface area contributed by atoms with E-state index in [1.807, 2.05) is 0 Å². The molecule has 5 rings (SSSR count). The average Bonchev–Trinajstić information content (AvgIpc) is 3.40. The van der Waals surface area contributed by atoms with Crippen molar-refractivity contribution in [3.05, 3.63) is 83.7 Å². The number of hydrogen-bond donors (Lipinski definition) is 1. The Bertz CT molecular complexity index is 1550. The fourth-order valence-corrected chi connectivity index (χ4v) is 5.39. The van der Waals surface area contributed by atoms with Crippen LogP contribution < -0.4 is 9.75 Å². The van der Waals surface area contributed by atoms with Crippen LogP contribution in [0.15, 0.2) is 76.7 Å². The molecule has 0 spiro atoms. The lowest BCUT2D eigenvalue weighted by Crippen LogP contribution is -2.39. The van der Waals surface area contributed by atoms with Gasteiger partial charge < -0.3 is 9.84 Å². The number of anilines is 1. The molecule has 0 aliphatic carbocycles. The highest BCUT2D eigenvalue weighted by atomic mass is 32.2. The van der Waals surface area contributed by atoms with Crippen LogP contribution in [0.25, 0.3) is 0 Å². The van der Waals surface area contributed by atoms with Gasteiger partial charge in [0.05, 0.1) is 23.4 Å². The number of ether oxygens (including phenoxy) is 1. The molecule has 0 saturated carbocycles. The van der Waals surface area contributed by atoms with E-state index in [0.717, 1.165) is 16.7 Å². The molecule has 0 aromatic heterocycles. The fourth-order valence-electron chi connectivity index (χ4n) is 4.76. The number of imide groups is 1. The molecule has 1 saturated heterocycles. The van der Waals surface area contributed by atoms with E-state index in [1.165, 1.54) is 48.5 Å². The number of halogens is 1. The number of hydrogen-bond acceptors (Lipinski definition) is 8. The maximum atomic E-state index is 13.6. The predicted octanol–water partition coefficient (Wildman–Crippen LogP) is 2.76. The number of carbonyl (C=O) groups is 2. The Morgan fingerprint density at radius 1 is 1.00 bits per heavy atom. The van der Waals surface area contributed by atoms with Gasteiger partial charge in [-0.2, -0.15) is 5.10 Å². The predicted molar refractivity (Wildman–Crippen MR) is 137 cm³/mol.